The number of thioether (sulfide) groups is 1. The van der Waals surface area contributed by atoms with Gasteiger partial charge >= 0.3 is 11.9 Å². The van der Waals surface area contributed by atoms with E-state index in [9.17, 15) is 18.8 Å². The molecule has 8 heteroatoms. The number of rotatable bonds is 8. The average molecular weight is 393 g/mol. The first-order chi connectivity index (χ1) is 12.9. The number of ketones is 1. The molecule has 1 heterocycles. The molecule has 2 rings (SSSR count). The number of benzene rings is 1. The monoisotopic (exact) mass is 393 g/mol. The van der Waals surface area contributed by atoms with E-state index in [2.05, 4.69) is 9.47 Å². The van der Waals surface area contributed by atoms with Gasteiger partial charge in [0.25, 0.3) is 0 Å². The third kappa shape index (κ3) is 4.57. The number of carbonyl (C=O) groups excluding carboxylic acids is 3. The van der Waals surface area contributed by atoms with E-state index in [1.54, 1.807) is 22.8 Å². The Labute approximate surface area is 160 Å². The second kappa shape index (κ2) is 9.36. The summed E-state index contributed by atoms with van der Waals surface area (Å²) in [6.07, 6.45) is 1.92. The molecule has 0 aliphatic heterocycles. The van der Waals surface area contributed by atoms with E-state index in [4.69, 9.17) is 0 Å². The van der Waals surface area contributed by atoms with Gasteiger partial charge in [0.05, 0.1) is 30.5 Å². The van der Waals surface area contributed by atoms with Crippen molar-refractivity contribution in [2.24, 2.45) is 5.92 Å². The lowest BCUT2D eigenvalue weighted by atomic mass is 10.1. The summed E-state index contributed by atoms with van der Waals surface area (Å²) in [5.74, 6) is -3.60. The molecular formula is C19H20FNO5S. The highest BCUT2D eigenvalue weighted by atomic mass is 32.2. The average Bonchev–Trinajstić information content (AvgIpc) is 3.10. The summed E-state index contributed by atoms with van der Waals surface area (Å²) in [6.45, 7) is 0.188. The number of aromatic nitrogens is 1. The van der Waals surface area contributed by atoms with Crippen LogP contribution in [0, 0.1) is 11.7 Å². The van der Waals surface area contributed by atoms with Crippen LogP contribution in [0.3, 0.4) is 0 Å². The number of ether oxygens (including phenoxy) is 2. The van der Waals surface area contributed by atoms with Gasteiger partial charge in [0.2, 0.25) is 5.78 Å². The highest BCUT2D eigenvalue weighted by Crippen LogP contribution is 2.24. The molecule has 2 aromatic rings. The van der Waals surface area contributed by atoms with Crippen molar-refractivity contribution in [3.8, 4) is 0 Å². The topological polar surface area (TPSA) is 74.6 Å². The Morgan fingerprint density at radius 1 is 1.07 bits per heavy atom. The molecule has 27 heavy (non-hydrogen) atoms. The minimum Gasteiger partial charge on any atom is -0.468 e. The molecular weight excluding hydrogens is 373 g/mol. The Bertz CT molecular complexity index is 832. The molecule has 1 aromatic heterocycles. The predicted octanol–water partition coefficient (Wildman–Crippen LogP) is 2.93. The van der Waals surface area contributed by atoms with E-state index in [1.165, 1.54) is 44.2 Å². The molecule has 0 radical (unpaired) electrons. The van der Waals surface area contributed by atoms with Gasteiger partial charge in [-0.05, 0) is 36.9 Å². The van der Waals surface area contributed by atoms with Crippen LogP contribution in [0.15, 0.2) is 41.4 Å². The van der Waals surface area contributed by atoms with Crippen LogP contribution >= 0.6 is 11.8 Å². The first-order valence-corrected chi connectivity index (χ1v) is 9.35. The SMILES string of the molecule is COC(=O)C(CCn1c(SC)ccc1C(=O)c1ccccc1F)C(=O)OC. The highest BCUT2D eigenvalue weighted by molar-refractivity contribution is 7.98. The maximum Gasteiger partial charge on any atom is 0.320 e. The third-order valence-electron chi connectivity index (χ3n) is 4.11. The number of methoxy groups -OCH3 is 2. The summed E-state index contributed by atoms with van der Waals surface area (Å²) >= 11 is 1.40. The minimum absolute atomic E-state index is 0.0398. The molecule has 0 saturated heterocycles. The Morgan fingerprint density at radius 3 is 2.26 bits per heavy atom. The van der Waals surface area contributed by atoms with E-state index in [1.807, 2.05) is 6.26 Å². The Hall–Kier alpha value is -2.61. The van der Waals surface area contributed by atoms with Crippen LogP contribution in [0.1, 0.15) is 22.5 Å². The molecule has 0 aliphatic rings. The first-order valence-electron chi connectivity index (χ1n) is 8.13. The third-order valence-corrected chi connectivity index (χ3v) is 4.89. The lowest BCUT2D eigenvalue weighted by molar-refractivity contribution is -0.159. The summed E-state index contributed by atoms with van der Waals surface area (Å²) in [7, 11) is 2.38. The van der Waals surface area contributed by atoms with Gasteiger partial charge in [0.1, 0.15) is 5.82 Å². The van der Waals surface area contributed by atoms with Crippen LogP contribution < -0.4 is 0 Å². The number of carbonyl (C=O) groups is 3. The molecule has 0 saturated carbocycles. The van der Waals surface area contributed by atoms with Crippen LogP contribution in [-0.4, -0.2) is 42.8 Å². The smallest absolute Gasteiger partial charge is 0.320 e. The molecule has 0 amide bonds. The minimum atomic E-state index is -1.10. The molecule has 0 bridgehead atoms. The van der Waals surface area contributed by atoms with Gasteiger partial charge < -0.3 is 14.0 Å². The first kappa shape index (κ1) is 20.7. The zero-order valence-corrected chi connectivity index (χ0v) is 16.0. The van der Waals surface area contributed by atoms with Crippen molar-refractivity contribution in [1.29, 1.82) is 0 Å². The van der Waals surface area contributed by atoms with Gasteiger partial charge in [-0.3, -0.25) is 14.4 Å². The molecule has 1 aromatic carbocycles. The number of nitrogens with zero attached hydrogens (tertiary/aromatic N) is 1. The van der Waals surface area contributed by atoms with Crippen molar-refractivity contribution < 1.29 is 28.2 Å². The highest BCUT2D eigenvalue weighted by Gasteiger charge is 2.29. The molecule has 144 valence electrons. The molecule has 0 fully saturated rings. The fourth-order valence-corrected chi connectivity index (χ4v) is 3.33. The molecule has 0 unspecified atom stereocenters. The van der Waals surface area contributed by atoms with E-state index in [0.29, 0.717) is 0 Å². The van der Waals surface area contributed by atoms with Gasteiger partial charge in [-0.2, -0.15) is 0 Å². The van der Waals surface area contributed by atoms with Crippen molar-refractivity contribution in [2.45, 2.75) is 18.0 Å². The zero-order valence-electron chi connectivity index (χ0n) is 15.2. The van der Waals surface area contributed by atoms with E-state index in [-0.39, 0.29) is 24.2 Å². The van der Waals surface area contributed by atoms with Crippen LogP contribution in [-0.2, 0) is 25.6 Å². The Morgan fingerprint density at radius 2 is 1.70 bits per heavy atom. The molecule has 6 nitrogen and oxygen atoms in total. The van der Waals surface area contributed by atoms with Crippen molar-refractivity contribution in [3.05, 3.63) is 53.5 Å². The van der Waals surface area contributed by atoms with Crippen molar-refractivity contribution in [1.82, 2.24) is 4.57 Å². The summed E-state index contributed by atoms with van der Waals surface area (Å²) in [6, 6.07) is 9.08. The summed E-state index contributed by atoms with van der Waals surface area (Å²) < 4.78 is 25.0. The number of esters is 2. The van der Waals surface area contributed by atoms with E-state index >= 15 is 0 Å². The molecule has 0 spiro atoms. The molecule has 0 aliphatic carbocycles. The van der Waals surface area contributed by atoms with Crippen molar-refractivity contribution in [2.75, 3.05) is 20.5 Å². The number of hydrogen-bond acceptors (Lipinski definition) is 6. The molecule has 0 atom stereocenters. The van der Waals surface area contributed by atoms with Gasteiger partial charge in [-0.25, -0.2) is 4.39 Å². The fourth-order valence-electron chi connectivity index (χ4n) is 2.71. The van der Waals surface area contributed by atoms with Crippen molar-refractivity contribution >= 4 is 29.5 Å². The Kier molecular flexibility index (Phi) is 7.18. The van der Waals surface area contributed by atoms with Crippen LogP contribution in [0.25, 0.3) is 0 Å². The maximum atomic E-state index is 14.0. The summed E-state index contributed by atoms with van der Waals surface area (Å²) in [5, 5.41) is 0.753. The normalized spacial score (nSPS) is 10.7. The van der Waals surface area contributed by atoms with Gasteiger partial charge in [-0.15, -0.1) is 11.8 Å². The quantitative estimate of drug-likeness (QED) is 0.297. The fraction of sp³-hybridized carbons (Fsp3) is 0.316. The lowest BCUT2D eigenvalue weighted by Crippen LogP contribution is -2.28. The Balaban J connectivity index is 2.33. The predicted molar refractivity (Wildman–Crippen MR) is 98.2 cm³/mol. The van der Waals surface area contributed by atoms with Crippen LogP contribution in [0.4, 0.5) is 4.39 Å². The largest absolute Gasteiger partial charge is 0.468 e. The lowest BCUT2D eigenvalue weighted by Gasteiger charge is -2.16. The molecule has 0 N–H and O–H groups in total. The standard InChI is InChI=1S/C19H20FNO5S/c1-25-18(23)13(19(24)26-2)10-11-21-15(8-9-16(21)27-3)17(22)12-6-4-5-7-14(12)20/h4-9,13H,10-11H2,1-3H3. The van der Waals surface area contributed by atoms with Gasteiger partial charge in [0, 0.05) is 6.54 Å². The zero-order chi connectivity index (χ0) is 20.0. The second-order valence-electron chi connectivity index (χ2n) is 5.61. The van der Waals surface area contributed by atoms with Crippen LogP contribution in [0.5, 0.6) is 0 Å². The summed E-state index contributed by atoms with van der Waals surface area (Å²) in [5.41, 5.74) is 0.236. The maximum absolute atomic E-state index is 14.0. The number of hydrogen-bond donors (Lipinski definition) is 0. The van der Waals surface area contributed by atoms with Gasteiger partial charge in [-0.1, -0.05) is 12.1 Å². The van der Waals surface area contributed by atoms with Gasteiger partial charge in [0.15, 0.2) is 5.92 Å². The summed E-state index contributed by atoms with van der Waals surface area (Å²) in [4.78, 5) is 36.5. The second-order valence-corrected chi connectivity index (χ2v) is 6.44. The number of halogens is 1. The van der Waals surface area contributed by atoms with Crippen molar-refractivity contribution in [3.63, 3.8) is 0 Å². The van der Waals surface area contributed by atoms with E-state index < -0.39 is 29.5 Å². The van der Waals surface area contributed by atoms with Crippen LogP contribution in [0.2, 0.25) is 0 Å². The van der Waals surface area contributed by atoms with E-state index in [0.717, 1.165) is 5.03 Å².